The minimum absolute atomic E-state index is 0.184. The number of nitrogens with zero attached hydrogens (tertiary/aromatic N) is 2. The molecule has 0 aliphatic carbocycles. The standard InChI is InChI=1S/C16H15N3O2S2/c1-13-12-22-16(19(13)14-8-4-2-5-9-14)17-18-23(20,21)15-10-6-3-7-11-15/h2-12,18H,1H3. The molecular weight excluding hydrogens is 330 g/mol. The highest BCUT2D eigenvalue weighted by Gasteiger charge is 2.12. The summed E-state index contributed by atoms with van der Waals surface area (Å²) in [6.45, 7) is 1.95. The van der Waals surface area contributed by atoms with Gasteiger partial charge in [0.1, 0.15) is 0 Å². The van der Waals surface area contributed by atoms with E-state index in [1.165, 1.54) is 23.5 Å². The first-order valence-corrected chi connectivity index (χ1v) is 9.27. The van der Waals surface area contributed by atoms with Gasteiger partial charge in [-0.15, -0.1) is 16.4 Å². The van der Waals surface area contributed by atoms with Crippen molar-refractivity contribution in [2.75, 3.05) is 0 Å². The van der Waals surface area contributed by atoms with E-state index < -0.39 is 10.0 Å². The van der Waals surface area contributed by atoms with Crippen LogP contribution >= 0.6 is 11.3 Å². The lowest BCUT2D eigenvalue weighted by atomic mass is 10.3. The number of hydrogen-bond donors (Lipinski definition) is 1. The lowest BCUT2D eigenvalue weighted by Gasteiger charge is -2.06. The smallest absolute Gasteiger partial charge is 0.276 e. The van der Waals surface area contributed by atoms with Gasteiger partial charge in [0, 0.05) is 16.8 Å². The van der Waals surface area contributed by atoms with Crippen molar-refractivity contribution in [2.45, 2.75) is 11.8 Å². The van der Waals surface area contributed by atoms with Crippen LogP contribution in [0.5, 0.6) is 0 Å². The Hall–Kier alpha value is -2.38. The molecule has 0 atom stereocenters. The summed E-state index contributed by atoms with van der Waals surface area (Å²) in [5, 5.41) is 6.03. The molecule has 0 spiro atoms. The lowest BCUT2D eigenvalue weighted by Crippen LogP contribution is -2.24. The number of para-hydroxylation sites is 1. The molecule has 0 saturated heterocycles. The van der Waals surface area contributed by atoms with Gasteiger partial charge in [0.05, 0.1) is 4.90 Å². The number of aromatic nitrogens is 1. The summed E-state index contributed by atoms with van der Waals surface area (Å²) in [5.41, 5.74) is 1.92. The molecule has 0 radical (unpaired) electrons. The maximum Gasteiger partial charge on any atom is 0.276 e. The van der Waals surface area contributed by atoms with E-state index in [0.29, 0.717) is 4.80 Å². The maximum atomic E-state index is 12.3. The number of thiazole rings is 1. The summed E-state index contributed by atoms with van der Waals surface area (Å²) in [4.78, 5) is 3.05. The zero-order chi connectivity index (χ0) is 16.3. The Morgan fingerprint density at radius 2 is 1.61 bits per heavy atom. The summed E-state index contributed by atoms with van der Waals surface area (Å²) < 4.78 is 26.4. The molecule has 0 aliphatic rings. The van der Waals surface area contributed by atoms with Crippen LogP contribution in [0.15, 0.2) is 76.0 Å². The zero-order valence-electron chi connectivity index (χ0n) is 12.4. The van der Waals surface area contributed by atoms with Gasteiger partial charge in [0.2, 0.25) is 4.80 Å². The van der Waals surface area contributed by atoms with Crippen molar-refractivity contribution in [3.63, 3.8) is 0 Å². The number of rotatable bonds is 4. The third-order valence-electron chi connectivity index (χ3n) is 3.21. The van der Waals surface area contributed by atoms with Crippen molar-refractivity contribution in [1.82, 2.24) is 9.40 Å². The van der Waals surface area contributed by atoms with E-state index in [-0.39, 0.29) is 4.90 Å². The molecule has 23 heavy (non-hydrogen) atoms. The molecule has 1 N–H and O–H groups in total. The number of benzene rings is 2. The van der Waals surface area contributed by atoms with Gasteiger partial charge in [-0.25, -0.2) is 0 Å². The third kappa shape index (κ3) is 3.35. The predicted molar refractivity (Wildman–Crippen MR) is 90.7 cm³/mol. The van der Waals surface area contributed by atoms with Crippen LogP contribution in [0.25, 0.3) is 5.69 Å². The summed E-state index contributed by atoms with van der Waals surface area (Å²) in [6, 6.07) is 17.9. The van der Waals surface area contributed by atoms with Gasteiger partial charge in [-0.05, 0) is 31.2 Å². The molecule has 0 bridgehead atoms. The van der Waals surface area contributed by atoms with Crippen molar-refractivity contribution < 1.29 is 8.42 Å². The van der Waals surface area contributed by atoms with E-state index in [9.17, 15) is 8.42 Å². The van der Waals surface area contributed by atoms with E-state index in [1.54, 1.807) is 18.2 Å². The molecule has 2 aromatic carbocycles. The zero-order valence-corrected chi connectivity index (χ0v) is 14.0. The van der Waals surface area contributed by atoms with Gasteiger partial charge < -0.3 is 0 Å². The molecular formula is C16H15N3O2S2. The van der Waals surface area contributed by atoms with Gasteiger partial charge in [-0.3, -0.25) is 4.57 Å². The SMILES string of the molecule is Cc1csc(=NNS(=O)(=O)c2ccccc2)n1-c1ccccc1. The second kappa shape index (κ2) is 6.39. The molecule has 1 heterocycles. The van der Waals surface area contributed by atoms with Crippen LogP contribution in [0.2, 0.25) is 0 Å². The first kappa shape index (κ1) is 15.5. The fourth-order valence-electron chi connectivity index (χ4n) is 2.11. The van der Waals surface area contributed by atoms with Crippen LogP contribution in [-0.2, 0) is 10.0 Å². The molecule has 0 amide bonds. The van der Waals surface area contributed by atoms with E-state index >= 15 is 0 Å². The summed E-state index contributed by atoms with van der Waals surface area (Å²) in [6.07, 6.45) is 0. The fraction of sp³-hybridized carbons (Fsp3) is 0.0625. The highest BCUT2D eigenvalue weighted by molar-refractivity contribution is 7.89. The quantitative estimate of drug-likeness (QED) is 0.739. The van der Waals surface area contributed by atoms with Crippen LogP contribution in [0.3, 0.4) is 0 Å². The van der Waals surface area contributed by atoms with Gasteiger partial charge in [-0.2, -0.15) is 13.2 Å². The minimum Gasteiger partial charge on any atom is -0.288 e. The van der Waals surface area contributed by atoms with Crippen molar-refractivity contribution >= 4 is 21.4 Å². The van der Waals surface area contributed by atoms with E-state index in [1.807, 2.05) is 47.2 Å². The fourth-order valence-corrected chi connectivity index (χ4v) is 3.83. The largest absolute Gasteiger partial charge is 0.288 e. The van der Waals surface area contributed by atoms with Crippen LogP contribution in [0.4, 0.5) is 0 Å². The molecule has 5 nitrogen and oxygen atoms in total. The maximum absolute atomic E-state index is 12.3. The second-order valence-electron chi connectivity index (χ2n) is 4.85. The van der Waals surface area contributed by atoms with Crippen molar-refractivity contribution in [1.29, 1.82) is 0 Å². The summed E-state index contributed by atoms with van der Waals surface area (Å²) in [7, 11) is -3.67. The molecule has 3 aromatic rings. The Kier molecular flexibility index (Phi) is 4.31. The summed E-state index contributed by atoms with van der Waals surface area (Å²) >= 11 is 1.38. The topological polar surface area (TPSA) is 63.5 Å². The number of aryl methyl sites for hydroxylation is 1. The van der Waals surface area contributed by atoms with Crippen LogP contribution < -0.4 is 9.63 Å². The average Bonchev–Trinajstić information content (AvgIpc) is 2.95. The van der Waals surface area contributed by atoms with Crippen molar-refractivity contribution in [3.8, 4) is 5.69 Å². The number of hydrogen-bond acceptors (Lipinski definition) is 4. The Morgan fingerprint density at radius 1 is 1.00 bits per heavy atom. The molecule has 1 aromatic heterocycles. The highest BCUT2D eigenvalue weighted by atomic mass is 32.2. The third-order valence-corrected chi connectivity index (χ3v) is 5.38. The Labute approximate surface area is 138 Å². The average molecular weight is 345 g/mol. The van der Waals surface area contributed by atoms with Crippen LogP contribution in [0, 0.1) is 6.92 Å². The highest BCUT2D eigenvalue weighted by Crippen LogP contribution is 2.10. The molecule has 0 fully saturated rings. The minimum atomic E-state index is -3.67. The van der Waals surface area contributed by atoms with Crippen molar-refractivity contribution in [3.05, 3.63) is 76.5 Å². The van der Waals surface area contributed by atoms with E-state index in [2.05, 4.69) is 9.93 Å². The second-order valence-corrected chi connectivity index (χ2v) is 7.35. The molecule has 118 valence electrons. The van der Waals surface area contributed by atoms with Crippen LogP contribution in [-0.4, -0.2) is 13.0 Å². The molecule has 0 aliphatic heterocycles. The number of nitrogens with one attached hydrogen (secondary N) is 1. The van der Waals surface area contributed by atoms with E-state index in [4.69, 9.17) is 0 Å². The van der Waals surface area contributed by atoms with Gasteiger partial charge in [0.15, 0.2) is 0 Å². The first-order valence-electron chi connectivity index (χ1n) is 6.91. The van der Waals surface area contributed by atoms with Crippen molar-refractivity contribution in [2.24, 2.45) is 5.10 Å². The molecule has 3 rings (SSSR count). The lowest BCUT2D eigenvalue weighted by molar-refractivity contribution is 0.582. The first-order chi connectivity index (χ1) is 11.1. The van der Waals surface area contributed by atoms with Gasteiger partial charge >= 0.3 is 0 Å². The van der Waals surface area contributed by atoms with Gasteiger partial charge in [-0.1, -0.05) is 36.4 Å². The predicted octanol–water partition coefficient (Wildman–Crippen LogP) is 2.64. The Balaban J connectivity index is 1.99. The summed E-state index contributed by atoms with van der Waals surface area (Å²) in [5.74, 6) is 0. The molecule has 0 unspecified atom stereocenters. The number of sulfonamides is 1. The molecule has 0 saturated carbocycles. The van der Waals surface area contributed by atoms with Gasteiger partial charge in [0.25, 0.3) is 10.0 Å². The van der Waals surface area contributed by atoms with E-state index in [0.717, 1.165) is 11.4 Å². The molecule has 7 heteroatoms. The monoisotopic (exact) mass is 345 g/mol. The Bertz CT molecular complexity index is 959. The normalized spacial score (nSPS) is 12.3. The Morgan fingerprint density at radius 3 is 2.26 bits per heavy atom. The van der Waals surface area contributed by atoms with Crippen LogP contribution in [0.1, 0.15) is 5.69 Å².